The van der Waals surface area contributed by atoms with Crippen LogP contribution in [0.15, 0.2) is 61.3 Å². The van der Waals surface area contributed by atoms with Gasteiger partial charge in [-0.2, -0.15) is 5.26 Å². The lowest BCUT2D eigenvalue weighted by Gasteiger charge is -2.11. The van der Waals surface area contributed by atoms with E-state index in [0.717, 1.165) is 16.7 Å². The van der Waals surface area contributed by atoms with Crippen molar-refractivity contribution in [2.75, 3.05) is 0 Å². The monoisotopic (exact) mass is 287 g/mol. The van der Waals surface area contributed by atoms with Gasteiger partial charge in [-0.15, -0.1) is 0 Å². The first-order valence-corrected chi connectivity index (χ1v) is 6.76. The van der Waals surface area contributed by atoms with Crippen LogP contribution in [0, 0.1) is 16.7 Å². The van der Waals surface area contributed by atoms with Crippen molar-refractivity contribution in [1.29, 1.82) is 10.7 Å². The molecule has 0 atom stereocenters. The fourth-order valence-corrected chi connectivity index (χ4v) is 2.25. The summed E-state index contributed by atoms with van der Waals surface area (Å²) >= 11 is 0. The summed E-state index contributed by atoms with van der Waals surface area (Å²) in [7, 11) is 0. The van der Waals surface area contributed by atoms with Gasteiger partial charge in [-0.1, -0.05) is 6.07 Å². The fourth-order valence-electron chi connectivity index (χ4n) is 2.25. The minimum Gasteiger partial charge on any atom is -0.327 e. The molecule has 0 aliphatic rings. The van der Waals surface area contributed by atoms with Crippen molar-refractivity contribution in [3.63, 3.8) is 0 Å². The first kappa shape index (κ1) is 13.7. The Morgan fingerprint density at radius 1 is 1.09 bits per heavy atom. The van der Waals surface area contributed by atoms with Gasteiger partial charge in [0.1, 0.15) is 11.6 Å². The van der Waals surface area contributed by atoms with E-state index in [2.05, 4.69) is 16.0 Å². The summed E-state index contributed by atoms with van der Waals surface area (Å²) in [6, 6.07) is 11.4. The van der Waals surface area contributed by atoms with Crippen molar-refractivity contribution in [2.45, 2.75) is 6.54 Å². The zero-order chi connectivity index (χ0) is 15.4. The second-order valence-corrected chi connectivity index (χ2v) is 4.83. The van der Waals surface area contributed by atoms with Gasteiger partial charge in [0.05, 0.1) is 12.1 Å². The molecular weight excluding hydrogens is 274 g/mol. The fraction of sp³-hybridized carbons (Fsp3) is 0.0588. The number of hydrogen-bond donors (Lipinski definition) is 1. The molecule has 3 aromatic rings. The van der Waals surface area contributed by atoms with Gasteiger partial charge in [-0.25, -0.2) is 0 Å². The van der Waals surface area contributed by atoms with E-state index in [-0.39, 0.29) is 5.49 Å². The van der Waals surface area contributed by atoms with Crippen LogP contribution in [0.3, 0.4) is 0 Å². The molecule has 5 nitrogen and oxygen atoms in total. The zero-order valence-electron chi connectivity index (χ0n) is 11.8. The topological polar surface area (TPSA) is 78.3 Å². The molecule has 0 amide bonds. The van der Waals surface area contributed by atoms with Gasteiger partial charge in [0.2, 0.25) is 0 Å². The number of pyridine rings is 3. The molecule has 0 fully saturated rings. The number of hydrogen-bond acceptors (Lipinski definition) is 4. The predicted octanol–water partition coefficient (Wildman–Crippen LogP) is 2.34. The molecule has 0 aliphatic carbocycles. The van der Waals surface area contributed by atoms with Crippen molar-refractivity contribution in [3.8, 4) is 17.2 Å². The van der Waals surface area contributed by atoms with Gasteiger partial charge in [0.15, 0.2) is 0 Å². The van der Waals surface area contributed by atoms with Gasteiger partial charge >= 0.3 is 0 Å². The van der Waals surface area contributed by atoms with Gasteiger partial charge < -0.3 is 4.57 Å². The Labute approximate surface area is 127 Å². The Hall–Kier alpha value is -3.26. The summed E-state index contributed by atoms with van der Waals surface area (Å²) in [5, 5.41) is 17.4. The van der Waals surface area contributed by atoms with Crippen LogP contribution in [-0.2, 0) is 6.54 Å². The number of aromatic nitrogens is 3. The predicted molar refractivity (Wildman–Crippen MR) is 81.6 cm³/mol. The van der Waals surface area contributed by atoms with E-state index < -0.39 is 0 Å². The quantitative estimate of drug-likeness (QED) is 0.803. The Kier molecular flexibility index (Phi) is 3.75. The molecule has 106 valence electrons. The summed E-state index contributed by atoms with van der Waals surface area (Å²) in [6.45, 7) is 0.500. The lowest BCUT2D eigenvalue weighted by molar-refractivity contribution is 0.727. The molecular formula is C17H13N5. The van der Waals surface area contributed by atoms with Crippen LogP contribution in [0.25, 0.3) is 11.1 Å². The van der Waals surface area contributed by atoms with E-state index in [1.54, 1.807) is 35.4 Å². The highest BCUT2D eigenvalue weighted by atomic mass is 15.0. The highest BCUT2D eigenvalue weighted by Crippen LogP contribution is 2.18. The molecule has 0 spiro atoms. The zero-order valence-corrected chi connectivity index (χ0v) is 11.8. The first-order valence-electron chi connectivity index (χ1n) is 6.76. The van der Waals surface area contributed by atoms with Crippen molar-refractivity contribution in [3.05, 3.63) is 77.9 Å². The van der Waals surface area contributed by atoms with Crippen molar-refractivity contribution in [1.82, 2.24) is 14.5 Å². The number of nitrogens with zero attached hydrogens (tertiary/aromatic N) is 4. The summed E-state index contributed by atoms with van der Waals surface area (Å²) in [6.07, 6.45) is 8.77. The largest absolute Gasteiger partial charge is 0.327 e. The molecule has 3 aromatic heterocycles. The third-order valence-electron chi connectivity index (χ3n) is 3.35. The molecule has 0 aromatic carbocycles. The van der Waals surface area contributed by atoms with Gasteiger partial charge in [-0.3, -0.25) is 15.4 Å². The van der Waals surface area contributed by atoms with Gasteiger partial charge in [-0.05, 0) is 41.0 Å². The Bertz CT molecular complexity index is 876. The molecule has 5 heteroatoms. The minimum atomic E-state index is 0.198. The minimum absolute atomic E-state index is 0.198. The average Bonchev–Trinajstić information content (AvgIpc) is 2.58. The van der Waals surface area contributed by atoms with Crippen molar-refractivity contribution < 1.29 is 0 Å². The van der Waals surface area contributed by atoms with E-state index in [4.69, 9.17) is 5.41 Å². The maximum atomic E-state index is 9.27. The highest BCUT2D eigenvalue weighted by Gasteiger charge is 2.06. The molecule has 22 heavy (non-hydrogen) atoms. The molecule has 3 heterocycles. The van der Waals surface area contributed by atoms with E-state index in [1.807, 2.05) is 30.5 Å². The van der Waals surface area contributed by atoms with Crippen LogP contribution in [0.4, 0.5) is 0 Å². The lowest BCUT2D eigenvalue weighted by Crippen LogP contribution is -2.23. The number of rotatable bonds is 3. The van der Waals surface area contributed by atoms with E-state index in [0.29, 0.717) is 12.1 Å². The van der Waals surface area contributed by atoms with E-state index in [1.165, 1.54) is 0 Å². The van der Waals surface area contributed by atoms with Crippen LogP contribution >= 0.6 is 0 Å². The van der Waals surface area contributed by atoms with E-state index >= 15 is 0 Å². The normalized spacial score (nSPS) is 10.1. The number of nitrogens with one attached hydrogen (secondary N) is 1. The Balaban J connectivity index is 2.10. The Morgan fingerprint density at radius 2 is 1.91 bits per heavy atom. The van der Waals surface area contributed by atoms with Crippen LogP contribution in [0.1, 0.15) is 11.1 Å². The molecule has 0 unspecified atom stereocenters. The van der Waals surface area contributed by atoms with Crippen molar-refractivity contribution in [2.24, 2.45) is 0 Å². The maximum Gasteiger partial charge on any atom is 0.143 e. The Morgan fingerprint density at radius 3 is 2.59 bits per heavy atom. The second kappa shape index (κ2) is 6.02. The first-order chi connectivity index (χ1) is 10.8. The van der Waals surface area contributed by atoms with Gasteiger partial charge in [0, 0.05) is 31.0 Å². The summed E-state index contributed by atoms with van der Waals surface area (Å²) in [5.41, 5.74) is 3.38. The van der Waals surface area contributed by atoms with Crippen LogP contribution in [-0.4, -0.2) is 14.5 Å². The summed E-state index contributed by atoms with van der Waals surface area (Å²) in [5.74, 6) is 0. The molecule has 0 radical (unpaired) electrons. The van der Waals surface area contributed by atoms with Crippen molar-refractivity contribution >= 4 is 0 Å². The van der Waals surface area contributed by atoms with Crippen LogP contribution in [0.5, 0.6) is 0 Å². The molecule has 3 rings (SSSR count). The molecule has 0 bridgehead atoms. The SMILES string of the molecule is N#Cc1cc(-c2ccncc2)cn(Cc2cccnc2)c1=N. The van der Waals surface area contributed by atoms with Crippen LogP contribution < -0.4 is 5.49 Å². The molecule has 1 N–H and O–H groups in total. The second-order valence-electron chi connectivity index (χ2n) is 4.83. The van der Waals surface area contributed by atoms with Gasteiger partial charge in [0.25, 0.3) is 0 Å². The maximum absolute atomic E-state index is 9.27. The van der Waals surface area contributed by atoms with E-state index in [9.17, 15) is 5.26 Å². The highest BCUT2D eigenvalue weighted by molar-refractivity contribution is 5.63. The third kappa shape index (κ3) is 2.76. The summed E-state index contributed by atoms with van der Waals surface area (Å²) in [4.78, 5) is 8.09. The lowest BCUT2D eigenvalue weighted by atomic mass is 10.1. The third-order valence-corrected chi connectivity index (χ3v) is 3.35. The molecule has 0 aliphatic heterocycles. The standard InChI is InChI=1S/C17H13N5/c18-9-15-8-16(14-3-6-20-7-4-14)12-22(17(15)19)11-13-2-1-5-21-10-13/h1-8,10,12,19H,11H2. The smallest absolute Gasteiger partial charge is 0.143 e. The number of nitriles is 1. The molecule has 0 saturated carbocycles. The van der Waals surface area contributed by atoms with Crippen LogP contribution in [0.2, 0.25) is 0 Å². The summed E-state index contributed by atoms with van der Waals surface area (Å²) < 4.78 is 1.76. The average molecular weight is 287 g/mol. The molecule has 0 saturated heterocycles.